The largest absolute Gasteiger partial charge is 0.496 e. The molecule has 2 rings (SSSR count). The molecule has 0 aliphatic rings. The van der Waals surface area contributed by atoms with Crippen LogP contribution in [-0.4, -0.2) is 18.6 Å². The van der Waals surface area contributed by atoms with Gasteiger partial charge in [0, 0.05) is 24.0 Å². The molecule has 2 aromatic rings. The van der Waals surface area contributed by atoms with E-state index >= 15 is 0 Å². The summed E-state index contributed by atoms with van der Waals surface area (Å²) in [4.78, 5) is 4.19. The van der Waals surface area contributed by atoms with Gasteiger partial charge in [0.05, 0.1) is 7.11 Å². The highest BCUT2D eigenvalue weighted by atomic mass is 16.5. The number of benzene rings is 1. The zero-order valence-corrected chi connectivity index (χ0v) is 12.9. The van der Waals surface area contributed by atoms with Crippen LogP contribution in [0.2, 0.25) is 0 Å². The number of aromatic nitrogens is 1. The van der Waals surface area contributed by atoms with E-state index in [1.807, 2.05) is 30.6 Å². The fourth-order valence-corrected chi connectivity index (χ4v) is 2.50. The Bertz CT molecular complexity index is 528. The zero-order chi connectivity index (χ0) is 14.9. The van der Waals surface area contributed by atoms with Gasteiger partial charge in [0.2, 0.25) is 0 Å². The second-order valence-electron chi connectivity index (χ2n) is 5.15. The lowest BCUT2D eigenvalue weighted by molar-refractivity contribution is 0.394. The lowest BCUT2D eigenvalue weighted by Crippen LogP contribution is -2.23. The number of pyridine rings is 1. The van der Waals surface area contributed by atoms with Crippen LogP contribution in [0.4, 0.5) is 0 Å². The molecule has 0 radical (unpaired) electrons. The first-order chi connectivity index (χ1) is 10.3. The van der Waals surface area contributed by atoms with Crippen LogP contribution < -0.4 is 10.1 Å². The van der Waals surface area contributed by atoms with Crippen LogP contribution in [-0.2, 0) is 6.42 Å². The van der Waals surface area contributed by atoms with Crippen molar-refractivity contribution in [1.29, 1.82) is 0 Å². The number of hydrogen-bond donors (Lipinski definition) is 1. The molecule has 0 fully saturated rings. The van der Waals surface area contributed by atoms with Gasteiger partial charge < -0.3 is 10.1 Å². The molecule has 0 spiro atoms. The molecular weight excluding hydrogens is 260 g/mol. The SMILES string of the molecule is CCCNC(CCc1cccnc1)c1ccccc1OC. The molecule has 0 amide bonds. The summed E-state index contributed by atoms with van der Waals surface area (Å²) in [5, 5.41) is 3.63. The molecule has 0 bridgehead atoms. The minimum absolute atomic E-state index is 0.307. The smallest absolute Gasteiger partial charge is 0.123 e. The fraction of sp³-hybridized carbons (Fsp3) is 0.389. The third-order valence-electron chi connectivity index (χ3n) is 3.60. The molecule has 1 aromatic carbocycles. The quantitative estimate of drug-likeness (QED) is 0.801. The Labute approximate surface area is 127 Å². The highest BCUT2D eigenvalue weighted by Gasteiger charge is 2.15. The van der Waals surface area contributed by atoms with Crippen LogP contribution in [0.5, 0.6) is 5.75 Å². The lowest BCUT2D eigenvalue weighted by atomic mass is 9.98. The van der Waals surface area contributed by atoms with E-state index in [0.717, 1.165) is 31.6 Å². The molecule has 1 unspecified atom stereocenters. The maximum Gasteiger partial charge on any atom is 0.123 e. The second-order valence-corrected chi connectivity index (χ2v) is 5.15. The van der Waals surface area contributed by atoms with Gasteiger partial charge in [0.1, 0.15) is 5.75 Å². The van der Waals surface area contributed by atoms with Gasteiger partial charge in [-0.25, -0.2) is 0 Å². The molecule has 0 aliphatic heterocycles. The van der Waals surface area contributed by atoms with Gasteiger partial charge in [0.15, 0.2) is 0 Å². The first-order valence-electron chi connectivity index (χ1n) is 7.60. The van der Waals surface area contributed by atoms with Crippen molar-refractivity contribution < 1.29 is 4.74 Å². The Balaban J connectivity index is 2.10. The van der Waals surface area contributed by atoms with Crippen LogP contribution >= 0.6 is 0 Å². The third kappa shape index (κ3) is 4.57. The van der Waals surface area contributed by atoms with Crippen LogP contribution in [0.15, 0.2) is 48.8 Å². The maximum absolute atomic E-state index is 5.51. The van der Waals surface area contributed by atoms with Crippen LogP contribution in [0.25, 0.3) is 0 Å². The Kier molecular flexibility index (Phi) is 6.22. The number of methoxy groups -OCH3 is 1. The second kappa shape index (κ2) is 8.42. The van der Waals surface area contributed by atoms with Gasteiger partial charge in [-0.2, -0.15) is 0 Å². The molecular formula is C18H24N2O. The van der Waals surface area contributed by atoms with E-state index in [2.05, 4.69) is 35.4 Å². The normalized spacial score (nSPS) is 12.1. The van der Waals surface area contributed by atoms with Crippen LogP contribution in [0, 0.1) is 0 Å². The molecule has 1 N–H and O–H groups in total. The molecule has 0 aliphatic carbocycles. The molecule has 21 heavy (non-hydrogen) atoms. The first kappa shape index (κ1) is 15.5. The number of aryl methyl sites for hydroxylation is 1. The number of nitrogens with one attached hydrogen (secondary N) is 1. The minimum Gasteiger partial charge on any atom is -0.496 e. The minimum atomic E-state index is 0.307. The summed E-state index contributed by atoms with van der Waals surface area (Å²) in [7, 11) is 1.73. The maximum atomic E-state index is 5.51. The molecule has 1 atom stereocenters. The van der Waals surface area contributed by atoms with E-state index < -0.39 is 0 Å². The summed E-state index contributed by atoms with van der Waals surface area (Å²) >= 11 is 0. The summed E-state index contributed by atoms with van der Waals surface area (Å²) in [5.74, 6) is 0.956. The Morgan fingerprint density at radius 1 is 1.19 bits per heavy atom. The number of hydrogen-bond acceptors (Lipinski definition) is 3. The summed E-state index contributed by atoms with van der Waals surface area (Å²) in [6, 6.07) is 12.7. The summed E-state index contributed by atoms with van der Waals surface area (Å²) in [6.07, 6.45) is 6.92. The number of ether oxygens (including phenoxy) is 1. The van der Waals surface area contributed by atoms with Crippen molar-refractivity contribution in [2.45, 2.75) is 32.2 Å². The average Bonchev–Trinajstić information content (AvgIpc) is 2.56. The molecule has 0 saturated carbocycles. The van der Waals surface area contributed by atoms with Crippen molar-refractivity contribution in [1.82, 2.24) is 10.3 Å². The molecule has 3 nitrogen and oxygen atoms in total. The van der Waals surface area contributed by atoms with Crippen molar-refractivity contribution in [3.05, 3.63) is 59.9 Å². The highest BCUT2D eigenvalue weighted by Crippen LogP contribution is 2.28. The number of para-hydroxylation sites is 1. The van der Waals surface area contributed by atoms with Gasteiger partial charge >= 0.3 is 0 Å². The van der Waals surface area contributed by atoms with Gasteiger partial charge in [-0.05, 0) is 43.5 Å². The summed E-state index contributed by atoms with van der Waals surface area (Å²) in [5.41, 5.74) is 2.51. The van der Waals surface area contributed by atoms with E-state index in [9.17, 15) is 0 Å². The monoisotopic (exact) mass is 284 g/mol. The van der Waals surface area contributed by atoms with E-state index in [1.165, 1.54) is 11.1 Å². The molecule has 3 heteroatoms. The van der Waals surface area contributed by atoms with Crippen molar-refractivity contribution in [3.8, 4) is 5.75 Å². The van der Waals surface area contributed by atoms with Crippen LogP contribution in [0.1, 0.15) is 36.9 Å². The first-order valence-corrected chi connectivity index (χ1v) is 7.60. The Hall–Kier alpha value is -1.87. The molecule has 112 valence electrons. The van der Waals surface area contributed by atoms with Gasteiger partial charge in [-0.1, -0.05) is 31.2 Å². The van der Waals surface area contributed by atoms with Crippen molar-refractivity contribution in [2.24, 2.45) is 0 Å². The lowest BCUT2D eigenvalue weighted by Gasteiger charge is -2.21. The highest BCUT2D eigenvalue weighted by molar-refractivity contribution is 5.36. The van der Waals surface area contributed by atoms with E-state index in [4.69, 9.17) is 4.74 Å². The third-order valence-corrected chi connectivity index (χ3v) is 3.60. The topological polar surface area (TPSA) is 34.2 Å². The Morgan fingerprint density at radius 2 is 2.05 bits per heavy atom. The van der Waals surface area contributed by atoms with Gasteiger partial charge in [0.25, 0.3) is 0 Å². The summed E-state index contributed by atoms with van der Waals surface area (Å²) < 4.78 is 5.51. The fourth-order valence-electron chi connectivity index (χ4n) is 2.50. The zero-order valence-electron chi connectivity index (χ0n) is 12.9. The van der Waals surface area contributed by atoms with Crippen molar-refractivity contribution in [2.75, 3.05) is 13.7 Å². The number of rotatable bonds is 8. The summed E-state index contributed by atoms with van der Waals surface area (Å²) in [6.45, 7) is 3.20. The average molecular weight is 284 g/mol. The molecule has 1 aromatic heterocycles. The van der Waals surface area contributed by atoms with E-state index in [1.54, 1.807) is 7.11 Å². The Morgan fingerprint density at radius 3 is 2.76 bits per heavy atom. The van der Waals surface area contributed by atoms with Gasteiger partial charge in [-0.15, -0.1) is 0 Å². The van der Waals surface area contributed by atoms with Gasteiger partial charge in [-0.3, -0.25) is 4.98 Å². The van der Waals surface area contributed by atoms with Crippen molar-refractivity contribution >= 4 is 0 Å². The van der Waals surface area contributed by atoms with Crippen molar-refractivity contribution in [3.63, 3.8) is 0 Å². The van der Waals surface area contributed by atoms with Crippen LogP contribution in [0.3, 0.4) is 0 Å². The molecule has 1 heterocycles. The number of nitrogens with zero attached hydrogens (tertiary/aromatic N) is 1. The van der Waals surface area contributed by atoms with E-state index in [-0.39, 0.29) is 0 Å². The predicted octanol–water partition coefficient (Wildman–Crippen LogP) is 3.76. The standard InChI is InChI=1S/C18H24N2O/c1-3-12-20-17(11-10-15-7-6-13-19-14-15)16-8-4-5-9-18(16)21-2/h4-9,13-14,17,20H,3,10-12H2,1-2H3. The predicted molar refractivity (Wildman–Crippen MR) is 86.6 cm³/mol. The van der Waals surface area contributed by atoms with E-state index in [0.29, 0.717) is 6.04 Å². The molecule has 0 saturated heterocycles.